The number of rotatable bonds is 5. The fourth-order valence-electron chi connectivity index (χ4n) is 4.65. The molecular weight excluding hydrogens is 414 g/mol. The molecule has 1 aliphatic rings. The number of nitrogens with one attached hydrogen (secondary N) is 1. The second-order valence-electron chi connectivity index (χ2n) is 8.77. The summed E-state index contributed by atoms with van der Waals surface area (Å²) < 4.78 is 2.04. The zero-order valence-electron chi connectivity index (χ0n) is 19.2. The molecule has 0 saturated heterocycles. The van der Waals surface area contributed by atoms with E-state index >= 15 is 0 Å². The highest BCUT2D eigenvalue weighted by atomic mass is 16.2. The number of carbonyl (C=O) groups excluding carboxylic acids is 1. The molecule has 5 rings (SSSR count). The minimum absolute atomic E-state index is 0.0648. The van der Waals surface area contributed by atoms with E-state index in [0.717, 1.165) is 39.4 Å². The van der Waals surface area contributed by atoms with E-state index in [1.807, 2.05) is 43.5 Å². The molecule has 4 heterocycles. The molecule has 0 fully saturated rings. The maximum atomic E-state index is 12.6. The molecule has 1 unspecified atom stereocenters. The average Bonchev–Trinajstić information content (AvgIpc) is 3.28. The van der Waals surface area contributed by atoms with Crippen LogP contribution in [0.4, 0.5) is 0 Å². The van der Waals surface area contributed by atoms with Gasteiger partial charge in [-0.15, -0.1) is 6.58 Å². The lowest BCUT2D eigenvalue weighted by molar-refractivity contribution is 0.0935. The molecule has 1 N–H and O–H groups in total. The third-order valence-corrected chi connectivity index (χ3v) is 6.06. The first-order chi connectivity index (χ1) is 15.8. The van der Waals surface area contributed by atoms with Gasteiger partial charge in [-0.2, -0.15) is 0 Å². The van der Waals surface area contributed by atoms with Crippen LogP contribution in [-0.2, 0) is 12.1 Å². The fraction of sp³-hybridized carbons (Fsp3) is 0.280. The number of carbonyl (C=O) groups is 1. The first-order valence-corrected chi connectivity index (χ1v) is 10.9. The van der Waals surface area contributed by atoms with E-state index in [9.17, 15) is 4.79 Å². The van der Waals surface area contributed by atoms with E-state index in [2.05, 4.69) is 38.8 Å². The minimum Gasteiger partial charge on any atom is -0.342 e. The van der Waals surface area contributed by atoms with Crippen molar-refractivity contribution in [3.63, 3.8) is 0 Å². The van der Waals surface area contributed by atoms with Crippen LogP contribution < -0.4 is 5.32 Å². The monoisotopic (exact) mass is 439 g/mol. The Morgan fingerprint density at radius 3 is 2.61 bits per heavy atom. The van der Waals surface area contributed by atoms with Crippen molar-refractivity contribution in [2.45, 2.75) is 46.2 Å². The first-order valence-electron chi connectivity index (χ1n) is 10.9. The summed E-state index contributed by atoms with van der Waals surface area (Å²) in [5.74, 6) is 1.39. The van der Waals surface area contributed by atoms with Gasteiger partial charge in [0.15, 0.2) is 5.65 Å². The van der Waals surface area contributed by atoms with Crippen molar-refractivity contribution >= 4 is 17.1 Å². The Morgan fingerprint density at radius 1 is 1.15 bits per heavy atom. The summed E-state index contributed by atoms with van der Waals surface area (Å²) in [5, 5.41) is 3.13. The van der Waals surface area contributed by atoms with E-state index in [1.165, 1.54) is 0 Å². The second kappa shape index (κ2) is 7.58. The zero-order chi connectivity index (χ0) is 23.3. The van der Waals surface area contributed by atoms with Gasteiger partial charge in [-0.25, -0.2) is 24.9 Å². The van der Waals surface area contributed by atoms with Crippen molar-refractivity contribution in [1.82, 2.24) is 34.8 Å². The summed E-state index contributed by atoms with van der Waals surface area (Å²) in [6, 6.07) is 5.83. The third kappa shape index (κ3) is 3.38. The van der Waals surface area contributed by atoms with Crippen molar-refractivity contribution in [2.24, 2.45) is 0 Å². The Bertz CT molecular complexity index is 1420. The van der Waals surface area contributed by atoms with Gasteiger partial charge in [-0.1, -0.05) is 11.6 Å². The maximum absolute atomic E-state index is 12.6. The summed E-state index contributed by atoms with van der Waals surface area (Å²) >= 11 is 0. The van der Waals surface area contributed by atoms with E-state index in [0.29, 0.717) is 29.9 Å². The predicted octanol–water partition coefficient (Wildman–Crippen LogP) is 4.20. The molecular formula is C25H25N7O. The predicted molar refractivity (Wildman–Crippen MR) is 126 cm³/mol. The zero-order valence-corrected chi connectivity index (χ0v) is 19.2. The van der Waals surface area contributed by atoms with Gasteiger partial charge in [0.1, 0.15) is 29.2 Å². The van der Waals surface area contributed by atoms with Crippen LogP contribution in [0.1, 0.15) is 48.9 Å². The highest BCUT2D eigenvalue weighted by Gasteiger charge is 2.39. The summed E-state index contributed by atoms with van der Waals surface area (Å²) in [7, 11) is 0. The van der Waals surface area contributed by atoms with Crippen molar-refractivity contribution in [3.05, 3.63) is 66.0 Å². The van der Waals surface area contributed by atoms with Gasteiger partial charge in [0.2, 0.25) is 0 Å². The Balaban J connectivity index is 1.69. The molecule has 1 amide bonds. The number of fused-ring (bicyclic) bond motifs is 2. The quantitative estimate of drug-likeness (QED) is 0.468. The van der Waals surface area contributed by atoms with E-state index in [1.54, 1.807) is 18.7 Å². The molecule has 8 heteroatoms. The van der Waals surface area contributed by atoms with Crippen LogP contribution in [0, 0.1) is 6.92 Å². The number of benzene rings is 1. The van der Waals surface area contributed by atoms with E-state index in [-0.39, 0.29) is 5.91 Å². The molecule has 0 saturated carbocycles. The number of nitrogens with zero attached hydrogens (tertiary/aromatic N) is 6. The Morgan fingerprint density at radius 2 is 1.91 bits per heavy atom. The topological polar surface area (TPSA) is 98.5 Å². The number of amides is 1. The summed E-state index contributed by atoms with van der Waals surface area (Å²) in [4.78, 5) is 35.3. The van der Waals surface area contributed by atoms with Crippen LogP contribution in [0.2, 0.25) is 0 Å². The number of hydrogen-bond acceptors (Lipinski definition) is 6. The van der Waals surface area contributed by atoms with Crippen LogP contribution in [-0.4, -0.2) is 35.4 Å². The summed E-state index contributed by atoms with van der Waals surface area (Å²) in [6.45, 7) is 12.6. The largest absolute Gasteiger partial charge is 0.342 e. The molecule has 1 atom stereocenters. The van der Waals surface area contributed by atoms with Gasteiger partial charge in [-0.05, 0) is 51.8 Å². The molecule has 166 valence electrons. The lowest BCUT2D eigenvalue weighted by Crippen LogP contribution is -2.36. The number of aromatic nitrogens is 6. The molecule has 3 aromatic heterocycles. The number of hydrogen-bond donors (Lipinski definition) is 1. The van der Waals surface area contributed by atoms with Gasteiger partial charge >= 0.3 is 0 Å². The normalized spacial score (nSPS) is 17.3. The Labute approximate surface area is 191 Å². The molecule has 4 aromatic rings. The average molecular weight is 440 g/mol. The van der Waals surface area contributed by atoms with E-state index < -0.39 is 5.54 Å². The van der Waals surface area contributed by atoms with Crippen molar-refractivity contribution < 1.29 is 4.79 Å². The standard InChI is InChI=1S/C25H25N7O/c1-6-32-22(17-11-26-15(4)27-12-17)30-21-20(28-13-29-23(21)32)16-7-8-18-19(9-16)25(5,10-14(2)3)31-24(18)33/h7-9,11-13H,2,6,10H2,1,3-5H3,(H,31,33). The number of aryl methyl sites for hydroxylation is 2. The molecule has 0 radical (unpaired) electrons. The lowest BCUT2D eigenvalue weighted by atomic mass is 9.85. The Kier molecular flexibility index (Phi) is 4.81. The van der Waals surface area contributed by atoms with Crippen LogP contribution >= 0.6 is 0 Å². The fourth-order valence-corrected chi connectivity index (χ4v) is 4.65. The van der Waals surface area contributed by atoms with Gasteiger partial charge in [0.25, 0.3) is 5.91 Å². The highest BCUT2D eigenvalue weighted by Crippen LogP contribution is 2.39. The molecule has 0 spiro atoms. The van der Waals surface area contributed by atoms with E-state index in [4.69, 9.17) is 4.98 Å². The van der Waals surface area contributed by atoms with Crippen molar-refractivity contribution in [1.29, 1.82) is 0 Å². The molecule has 33 heavy (non-hydrogen) atoms. The third-order valence-electron chi connectivity index (χ3n) is 6.06. The Hall–Kier alpha value is -3.94. The maximum Gasteiger partial charge on any atom is 0.252 e. The summed E-state index contributed by atoms with van der Waals surface area (Å²) in [6.07, 6.45) is 5.78. The van der Waals surface area contributed by atoms with Crippen LogP contribution in [0.15, 0.2) is 49.1 Å². The second-order valence-corrected chi connectivity index (χ2v) is 8.77. The van der Waals surface area contributed by atoms with Crippen LogP contribution in [0.3, 0.4) is 0 Å². The smallest absolute Gasteiger partial charge is 0.252 e. The minimum atomic E-state index is -0.506. The lowest BCUT2D eigenvalue weighted by Gasteiger charge is -2.26. The first kappa shape index (κ1) is 20.9. The molecule has 8 nitrogen and oxygen atoms in total. The number of imidazole rings is 1. The van der Waals surface area contributed by atoms with Gasteiger partial charge in [0.05, 0.1) is 11.1 Å². The molecule has 0 aliphatic carbocycles. The molecule has 1 aromatic carbocycles. The van der Waals surface area contributed by atoms with Crippen LogP contribution in [0.25, 0.3) is 33.8 Å². The van der Waals surface area contributed by atoms with Gasteiger partial charge in [-0.3, -0.25) is 4.79 Å². The van der Waals surface area contributed by atoms with Crippen molar-refractivity contribution in [3.8, 4) is 22.6 Å². The SMILES string of the molecule is C=C(C)CC1(C)NC(=O)c2ccc(-c3ncnc4c3nc(-c3cnc(C)nc3)n4CC)cc21. The van der Waals surface area contributed by atoms with Crippen molar-refractivity contribution in [2.75, 3.05) is 0 Å². The van der Waals surface area contributed by atoms with Gasteiger partial charge in [0, 0.05) is 30.1 Å². The molecule has 0 bridgehead atoms. The highest BCUT2D eigenvalue weighted by molar-refractivity contribution is 6.01. The van der Waals surface area contributed by atoms with Gasteiger partial charge < -0.3 is 9.88 Å². The van der Waals surface area contributed by atoms with Crippen LogP contribution in [0.5, 0.6) is 0 Å². The summed E-state index contributed by atoms with van der Waals surface area (Å²) in [5.41, 5.74) is 6.02. The molecule has 1 aliphatic heterocycles.